The molecule has 3 heterocycles. The number of hydrogen-bond acceptors (Lipinski definition) is 5. The lowest BCUT2D eigenvalue weighted by Gasteiger charge is -2.45. The third-order valence-corrected chi connectivity index (χ3v) is 6.59. The lowest BCUT2D eigenvalue weighted by molar-refractivity contribution is -0.131. The molecule has 1 amide bonds. The van der Waals surface area contributed by atoms with E-state index >= 15 is 0 Å². The maximum Gasteiger partial charge on any atom is 0.251 e. The molecule has 0 aliphatic carbocycles. The Labute approximate surface area is 206 Å². The van der Waals surface area contributed by atoms with E-state index in [9.17, 15) is 4.79 Å². The third-order valence-electron chi connectivity index (χ3n) is 6.59. The van der Waals surface area contributed by atoms with Crippen LogP contribution in [-0.4, -0.2) is 59.2 Å². The van der Waals surface area contributed by atoms with E-state index in [1.807, 2.05) is 41.4 Å². The van der Waals surface area contributed by atoms with Crippen LogP contribution in [0, 0.1) is 0 Å². The van der Waals surface area contributed by atoms with Crippen molar-refractivity contribution in [3.63, 3.8) is 0 Å². The number of hydrogen-bond donors (Lipinski definition) is 0. The molecule has 0 saturated carbocycles. The number of rotatable bonds is 7. The first kappa shape index (κ1) is 23.0. The lowest BCUT2D eigenvalue weighted by atomic mass is 9.94. The van der Waals surface area contributed by atoms with Crippen molar-refractivity contribution in [1.29, 1.82) is 0 Å². The van der Waals surface area contributed by atoms with E-state index in [0.717, 1.165) is 25.0 Å². The summed E-state index contributed by atoms with van der Waals surface area (Å²) < 4.78 is 6.14. The van der Waals surface area contributed by atoms with Gasteiger partial charge in [0.2, 0.25) is 5.88 Å². The van der Waals surface area contributed by atoms with Gasteiger partial charge in [-0.25, -0.2) is 4.98 Å². The number of aromatic nitrogens is 1. The van der Waals surface area contributed by atoms with Crippen molar-refractivity contribution in [2.75, 3.05) is 26.2 Å². The van der Waals surface area contributed by atoms with Crippen LogP contribution < -0.4 is 4.74 Å². The van der Waals surface area contributed by atoms with Gasteiger partial charge >= 0.3 is 0 Å². The fraction of sp³-hybridized carbons (Fsp3) is 0.276. The minimum Gasteiger partial charge on any atom is -0.476 e. The number of aliphatic imine (C=N–C) groups is 1. The third kappa shape index (κ3) is 5.49. The van der Waals surface area contributed by atoms with Crippen molar-refractivity contribution in [1.82, 2.24) is 14.8 Å². The second-order valence-electron chi connectivity index (χ2n) is 8.87. The largest absolute Gasteiger partial charge is 0.476 e. The highest BCUT2D eigenvalue weighted by molar-refractivity contribution is 5.94. The van der Waals surface area contributed by atoms with E-state index in [2.05, 4.69) is 63.4 Å². The van der Waals surface area contributed by atoms with Crippen LogP contribution in [0.5, 0.6) is 5.88 Å². The standard InChI is InChI=1S/C29H30N4O2/c34-29(25-14-9-16-30-20-25)32-18-19-33(26(21-32)22-35-27-15-7-8-17-31-27)28(23-10-3-1-4-11-23)24-12-5-2-6-13-24/h1-8,10-13,15-17,20,26,28H,9,14,18-19,21-22H2. The summed E-state index contributed by atoms with van der Waals surface area (Å²) >= 11 is 0. The Bertz CT molecular complexity index is 1130. The highest BCUT2D eigenvalue weighted by Crippen LogP contribution is 2.32. The number of ether oxygens (including phenoxy) is 1. The van der Waals surface area contributed by atoms with E-state index in [-0.39, 0.29) is 18.0 Å². The van der Waals surface area contributed by atoms with Crippen LogP contribution in [0.15, 0.2) is 102 Å². The molecule has 1 aromatic heterocycles. The van der Waals surface area contributed by atoms with E-state index < -0.39 is 0 Å². The molecule has 1 atom stereocenters. The fourth-order valence-corrected chi connectivity index (χ4v) is 4.87. The van der Waals surface area contributed by atoms with Crippen LogP contribution in [-0.2, 0) is 4.79 Å². The van der Waals surface area contributed by atoms with E-state index in [1.165, 1.54) is 11.1 Å². The number of piperazine rings is 1. The second kappa shape index (κ2) is 11.1. The molecule has 2 aliphatic heterocycles. The summed E-state index contributed by atoms with van der Waals surface area (Å²) in [5, 5.41) is 0. The van der Waals surface area contributed by atoms with Gasteiger partial charge in [0.05, 0.1) is 12.1 Å². The molecule has 6 heteroatoms. The van der Waals surface area contributed by atoms with Gasteiger partial charge in [0, 0.05) is 49.9 Å². The first-order chi connectivity index (χ1) is 17.3. The predicted octanol–water partition coefficient (Wildman–Crippen LogP) is 4.51. The number of carbonyl (C=O) groups is 1. The van der Waals surface area contributed by atoms with Gasteiger partial charge in [0.15, 0.2) is 0 Å². The quantitative estimate of drug-likeness (QED) is 0.514. The maximum atomic E-state index is 13.3. The average Bonchev–Trinajstić information content (AvgIpc) is 2.94. The van der Waals surface area contributed by atoms with Gasteiger partial charge in [-0.15, -0.1) is 0 Å². The zero-order valence-electron chi connectivity index (χ0n) is 19.7. The van der Waals surface area contributed by atoms with E-state index in [4.69, 9.17) is 4.74 Å². The summed E-state index contributed by atoms with van der Waals surface area (Å²) in [6, 6.07) is 26.9. The number of amides is 1. The number of carbonyl (C=O) groups excluding carboxylic acids is 1. The van der Waals surface area contributed by atoms with Crippen LogP contribution in [0.2, 0.25) is 0 Å². The van der Waals surface area contributed by atoms with Crippen molar-refractivity contribution >= 4 is 12.1 Å². The summed E-state index contributed by atoms with van der Waals surface area (Å²) in [5.74, 6) is 0.677. The molecule has 35 heavy (non-hydrogen) atoms. The molecule has 6 nitrogen and oxygen atoms in total. The zero-order valence-corrected chi connectivity index (χ0v) is 19.7. The smallest absolute Gasteiger partial charge is 0.251 e. The topological polar surface area (TPSA) is 58.0 Å². The SMILES string of the molecule is O=C(C1=CN=CCC1)N1CCN(C(c2ccccc2)c2ccccc2)C(COc2ccccn2)C1. The fourth-order valence-electron chi connectivity index (χ4n) is 4.87. The second-order valence-corrected chi connectivity index (χ2v) is 8.87. The Hall–Kier alpha value is -3.77. The summed E-state index contributed by atoms with van der Waals surface area (Å²) in [7, 11) is 0. The van der Waals surface area contributed by atoms with Gasteiger partial charge in [-0.1, -0.05) is 66.7 Å². The van der Waals surface area contributed by atoms with Crippen molar-refractivity contribution in [2.45, 2.75) is 24.9 Å². The molecule has 2 aromatic carbocycles. The van der Waals surface area contributed by atoms with Crippen molar-refractivity contribution in [2.24, 2.45) is 4.99 Å². The number of benzene rings is 2. The van der Waals surface area contributed by atoms with Gasteiger partial charge in [-0.3, -0.25) is 14.7 Å². The number of pyridine rings is 1. The molecule has 0 bridgehead atoms. The minimum absolute atomic E-state index is 0.00666. The highest BCUT2D eigenvalue weighted by Gasteiger charge is 2.36. The highest BCUT2D eigenvalue weighted by atomic mass is 16.5. The molecule has 1 unspecified atom stereocenters. The van der Waals surface area contributed by atoms with E-state index in [1.54, 1.807) is 12.4 Å². The molecule has 2 aliphatic rings. The van der Waals surface area contributed by atoms with Crippen LogP contribution in [0.1, 0.15) is 30.0 Å². The molecular weight excluding hydrogens is 436 g/mol. The van der Waals surface area contributed by atoms with Gasteiger partial charge < -0.3 is 9.64 Å². The van der Waals surface area contributed by atoms with Crippen molar-refractivity contribution < 1.29 is 9.53 Å². The molecule has 0 radical (unpaired) electrons. The van der Waals surface area contributed by atoms with Gasteiger partial charge in [0.1, 0.15) is 6.61 Å². The molecule has 1 fully saturated rings. The van der Waals surface area contributed by atoms with Crippen molar-refractivity contribution in [3.05, 3.63) is 108 Å². The summed E-state index contributed by atoms with van der Waals surface area (Å²) in [6.07, 6.45) is 6.87. The molecule has 0 N–H and O–H groups in total. The Morgan fingerprint density at radius 3 is 2.29 bits per heavy atom. The molecule has 3 aromatic rings. The average molecular weight is 467 g/mol. The van der Waals surface area contributed by atoms with Gasteiger partial charge in [-0.05, 0) is 30.0 Å². The molecule has 178 valence electrons. The number of nitrogens with zero attached hydrogens (tertiary/aromatic N) is 4. The van der Waals surface area contributed by atoms with Crippen molar-refractivity contribution in [3.8, 4) is 5.88 Å². The Morgan fingerprint density at radius 1 is 0.943 bits per heavy atom. The zero-order chi connectivity index (χ0) is 23.9. The molecule has 0 spiro atoms. The summed E-state index contributed by atoms with van der Waals surface area (Å²) in [5.41, 5.74) is 3.24. The van der Waals surface area contributed by atoms with Crippen LogP contribution in [0.4, 0.5) is 0 Å². The summed E-state index contributed by atoms with van der Waals surface area (Å²) in [4.78, 5) is 26.3. The van der Waals surface area contributed by atoms with Gasteiger partial charge in [0.25, 0.3) is 5.91 Å². The minimum atomic E-state index is -0.00666. The van der Waals surface area contributed by atoms with Gasteiger partial charge in [-0.2, -0.15) is 0 Å². The predicted molar refractivity (Wildman–Crippen MR) is 137 cm³/mol. The van der Waals surface area contributed by atoms with Crippen LogP contribution in [0.25, 0.3) is 0 Å². The van der Waals surface area contributed by atoms with E-state index in [0.29, 0.717) is 25.6 Å². The molecule has 5 rings (SSSR count). The molecule has 1 saturated heterocycles. The maximum absolute atomic E-state index is 13.3. The Morgan fingerprint density at radius 2 is 1.66 bits per heavy atom. The Balaban J connectivity index is 1.44. The lowest BCUT2D eigenvalue weighted by Crippen LogP contribution is -2.58. The molecular formula is C29H30N4O2. The monoisotopic (exact) mass is 466 g/mol. The summed E-state index contributed by atoms with van der Waals surface area (Å²) in [6.45, 7) is 2.43. The first-order valence-corrected chi connectivity index (χ1v) is 12.2. The Kier molecular flexibility index (Phi) is 7.29. The normalized spacial score (nSPS) is 18.4. The first-order valence-electron chi connectivity index (χ1n) is 12.2. The van der Waals surface area contributed by atoms with Crippen LogP contribution >= 0.6 is 0 Å². The van der Waals surface area contributed by atoms with Crippen LogP contribution in [0.3, 0.4) is 0 Å².